The second kappa shape index (κ2) is 5.01. The normalized spacial score (nSPS) is 13.2. The van der Waals surface area contributed by atoms with Crippen LogP contribution in [0, 0.1) is 0 Å². The number of fused-ring (bicyclic) bond motifs is 1. The second-order valence-electron chi connectivity index (χ2n) is 5.03. The molecule has 3 aromatic heterocycles. The van der Waals surface area contributed by atoms with Crippen LogP contribution in [0.2, 0.25) is 0 Å². The van der Waals surface area contributed by atoms with E-state index < -0.39 is 0 Å². The van der Waals surface area contributed by atoms with Crippen molar-refractivity contribution < 1.29 is 0 Å². The van der Waals surface area contributed by atoms with Gasteiger partial charge in [-0.2, -0.15) is 10.2 Å². The van der Waals surface area contributed by atoms with E-state index in [-0.39, 0.29) is 12.1 Å². The van der Waals surface area contributed by atoms with Gasteiger partial charge in [-0.05, 0) is 13.8 Å². The first kappa shape index (κ1) is 12.7. The van der Waals surface area contributed by atoms with E-state index in [0.717, 1.165) is 16.9 Å². The molecular formula is C13H17N7. The van der Waals surface area contributed by atoms with Crippen LogP contribution in [0.3, 0.4) is 0 Å². The molecule has 0 spiro atoms. The van der Waals surface area contributed by atoms with Crippen LogP contribution in [0.4, 0.5) is 0 Å². The van der Waals surface area contributed by atoms with Crippen LogP contribution < -0.4 is 5.73 Å². The highest BCUT2D eigenvalue weighted by Gasteiger charge is 2.17. The SMILES string of the molecule is CC(C)n1ncnc1CC(N)c1cnn2ccncc12. The number of hydrogen-bond donors (Lipinski definition) is 1. The molecule has 0 amide bonds. The van der Waals surface area contributed by atoms with Gasteiger partial charge in [-0.1, -0.05) is 0 Å². The Morgan fingerprint density at radius 2 is 2.10 bits per heavy atom. The first-order chi connectivity index (χ1) is 9.66. The van der Waals surface area contributed by atoms with E-state index >= 15 is 0 Å². The third kappa shape index (κ3) is 2.16. The zero-order valence-electron chi connectivity index (χ0n) is 11.5. The number of nitrogens with two attached hydrogens (primary N) is 1. The van der Waals surface area contributed by atoms with Gasteiger partial charge in [0, 0.05) is 36.5 Å². The van der Waals surface area contributed by atoms with Crippen molar-refractivity contribution in [1.29, 1.82) is 0 Å². The smallest absolute Gasteiger partial charge is 0.138 e. The van der Waals surface area contributed by atoms with E-state index in [1.54, 1.807) is 29.4 Å². The number of hydrogen-bond acceptors (Lipinski definition) is 5. The lowest BCUT2D eigenvalue weighted by Gasteiger charge is -2.13. The van der Waals surface area contributed by atoms with E-state index in [9.17, 15) is 0 Å². The highest BCUT2D eigenvalue weighted by atomic mass is 15.3. The van der Waals surface area contributed by atoms with Crippen molar-refractivity contribution >= 4 is 5.52 Å². The highest BCUT2D eigenvalue weighted by Crippen LogP contribution is 2.20. The number of aromatic nitrogens is 6. The fourth-order valence-corrected chi connectivity index (χ4v) is 2.30. The molecule has 0 aliphatic heterocycles. The maximum Gasteiger partial charge on any atom is 0.138 e. The fraction of sp³-hybridized carbons (Fsp3) is 0.385. The molecule has 0 aliphatic carbocycles. The van der Waals surface area contributed by atoms with Crippen molar-refractivity contribution in [2.45, 2.75) is 32.4 Å². The van der Waals surface area contributed by atoms with Crippen LogP contribution in [0.5, 0.6) is 0 Å². The Morgan fingerprint density at radius 3 is 2.90 bits per heavy atom. The van der Waals surface area contributed by atoms with Crippen molar-refractivity contribution in [3.63, 3.8) is 0 Å². The van der Waals surface area contributed by atoms with Crippen molar-refractivity contribution in [2.75, 3.05) is 0 Å². The zero-order chi connectivity index (χ0) is 14.1. The Kier molecular flexibility index (Phi) is 3.19. The first-order valence-corrected chi connectivity index (χ1v) is 6.58. The van der Waals surface area contributed by atoms with Gasteiger partial charge in [0.15, 0.2) is 0 Å². The van der Waals surface area contributed by atoms with Gasteiger partial charge in [-0.25, -0.2) is 14.2 Å². The molecule has 1 atom stereocenters. The van der Waals surface area contributed by atoms with E-state index in [0.29, 0.717) is 6.42 Å². The van der Waals surface area contributed by atoms with Gasteiger partial charge in [0.1, 0.15) is 12.2 Å². The largest absolute Gasteiger partial charge is 0.323 e. The summed E-state index contributed by atoms with van der Waals surface area (Å²) in [6.45, 7) is 4.14. The van der Waals surface area contributed by atoms with Gasteiger partial charge in [-0.3, -0.25) is 4.98 Å². The zero-order valence-corrected chi connectivity index (χ0v) is 11.5. The molecule has 3 rings (SSSR count). The molecular weight excluding hydrogens is 254 g/mol. The Hall–Kier alpha value is -2.28. The lowest BCUT2D eigenvalue weighted by Crippen LogP contribution is -2.18. The van der Waals surface area contributed by atoms with Gasteiger partial charge < -0.3 is 5.73 Å². The third-order valence-corrected chi connectivity index (χ3v) is 3.29. The molecule has 0 aromatic carbocycles. The summed E-state index contributed by atoms with van der Waals surface area (Å²) in [7, 11) is 0. The molecule has 20 heavy (non-hydrogen) atoms. The summed E-state index contributed by atoms with van der Waals surface area (Å²) < 4.78 is 3.67. The van der Waals surface area contributed by atoms with Crippen LogP contribution in [0.25, 0.3) is 5.52 Å². The Balaban J connectivity index is 1.89. The lowest BCUT2D eigenvalue weighted by atomic mass is 10.1. The molecule has 0 saturated carbocycles. The molecule has 7 nitrogen and oxygen atoms in total. The molecule has 3 heterocycles. The standard InChI is InChI=1S/C13H17N7/c1-9(2)20-13(16-8-18-20)5-11(14)10-6-17-19-4-3-15-7-12(10)19/h3-4,6-9,11H,5,14H2,1-2H3. The molecule has 0 saturated heterocycles. The minimum atomic E-state index is -0.182. The summed E-state index contributed by atoms with van der Waals surface area (Å²) in [6, 6.07) is 0.0867. The summed E-state index contributed by atoms with van der Waals surface area (Å²) in [5.74, 6) is 0.885. The average molecular weight is 271 g/mol. The molecule has 3 aromatic rings. The summed E-state index contributed by atoms with van der Waals surface area (Å²) in [6.07, 6.45) is 9.26. The summed E-state index contributed by atoms with van der Waals surface area (Å²) in [5, 5.41) is 8.51. The van der Waals surface area contributed by atoms with E-state index in [1.807, 2.05) is 10.9 Å². The third-order valence-electron chi connectivity index (χ3n) is 3.29. The van der Waals surface area contributed by atoms with E-state index in [2.05, 4.69) is 34.0 Å². The first-order valence-electron chi connectivity index (χ1n) is 6.58. The lowest BCUT2D eigenvalue weighted by molar-refractivity contribution is 0.493. The molecule has 104 valence electrons. The van der Waals surface area contributed by atoms with Crippen molar-refractivity contribution in [3.8, 4) is 0 Å². The van der Waals surface area contributed by atoms with Crippen LogP contribution in [-0.2, 0) is 6.42 Å². The van der Waals surface area contributed by atoms with E-state index in [4.69, 9.17) is 5.73 Å². The van der Waals surface area contributed by atoms with Crippen molar-refractivity contribution in [2.24, 2.45) is 5.73 Å². The van der Waals surface area contributed by atoms with Gasteiger partial charge in [-0.15, -0.1) is 0 Å². The Labute approximate surface area is 116 Å². The van der Waals surface area contributed by atoms with E-state index in [1.165, 1.54) is 0 Å². The molecule has 2 N–H and O–H groups in total. The Bertz CT molecular complexity index is 712. The molecule has 0 radical (unpaired) electrons. The predicted octanol–water partition coefficient (Wildman–Crippen LogP) is 1.14. The average Bonchev–Trinajstić information content (AvgIpc) is 3.04. The number of nitrogens with zero attached hydrogens (tertiary/aromatic N) is 6. The van der Waals surface area contributed by atoms with Gasteiger partial charge in [0.05, 0.1) is 17.9 Å². The highest BCUT2D eigenvalue weighted by molar-refractivity contribution is 5.53. The molecule has 1 unspecified atom stereocenters. The van der Waals surface area contributed by atoms with Crippen molar-refractivity contribution in [1.82, 2.24) is 29.4 Å². The van der Waals surface area contributed by atoms with Gasteiger partial charge in [0.2, 0.25) is 0 Å². The topological polar surface area (TPSA) is 86.9 Å². The van der Waals surface area contributed by atoms with Crippen molar-refractivity contribution in [3.05, 3.63) is 42.5 Å². The summed E-state index contributed by atoms with van der Waals surface area (Å²) in [4.78, 5) is 8.42. The maximum absolute atomic E-state index is 6.30. The predicted molar refractivity (Wildman–Crippen MR) is 74.0 cm³/mol. The monoisotopic (exact) mass is 271 g/mol. The molecule has 0 aliphatic rings. The second-order valence-corrected chi connectivity index (χ2v) is 5.03. The van der Waals surface area contributed by atoms with Crippen LogP contribution in [-0.4, -0.2) is 29.4 Å². The minimum Gasteiger partial charge on any atom is -0.323 e. The van der Waals surface area contributed by atoms with Gasteiger partial charge in [0.25, 0.3) is 0 Å². The van der Waals surface area contributed by atoms with Gasteiger partial charge >= 0.3 is 0 Å². The molecule has 0 bridgehead atoms. The van der Waals surface area contributed by atoms with Crippen LogP contribution >= 0.6 is 0 Å². The summed E-state index contributed by atoms with van der Waals surface area (Å²) >= 11 is 0. The Morgan fingerprint density at radius 1 is 1.25 bits per heavy atom. The van der Waals surface area contributed by atoms with Crippen LogP contribution in [0.15, 0.2) is 31.1 Å². The minimum absolute atomic E-state index is 0.182. The maximum atomic E-state index is 6.30. The fourth-order valence-electron chi connectivity index (χ4n) is 2.30. The van der Waals surface area contributed by atoms with Crippen LogP contribution in [0.1, 0.15) is 37.3 Å². The molecule has 0 fully saturated rings. The summed E-state index contributed by atoms with van der Waals surface area (Å²) in [5.41, 5.74) is 8.20. The number of rotatable bonds is 4. The quantitative estimate of drug-likeness (QED) is 0.769. The molecule has 7 heteroatoms.